The van der Waals surface area contributed by atoms with Crippen LogP contribution in [-0.4, -0.2) is 12.5 Å². The molecule has 1 amide bonds. The standard InChI is InChI=1S/C21H17N3O2/c1-2-11-24-18-10-6-5-9-17(18)21(20(24)25)16-8-4-3-7-14(16)15(12-22)19(13-23)26-21/h1,5-6,9-10,14,16H,3-4,7-8,11H2. The molecule has 2 heterocycles. The zero-order valence-electron chi connectivity index (χ0n) is 14.2. The Kier molecular flexibility index (Phi) is 3.71. The number of carbonyl (C=O) groups is 1. The highest BCUT2D eigenvalue weighted by Crippen LogP contribution is 2.57. The lowest BCUT2D eigenvalue weighted by atomic mass is 9.64. The Balaban J connectivity index is 1.97. The van der Waals surface area contributed by atoms with Crippen molar-refractivity contribution in [3.63, 3.8) is 0 Å². The molecule has 4 rings (SSSR count). The molecule has 0 saturated heterocycles. The van der Waals surface area contributed by atoms with Gasteiger partial charge < -0.3 is 4.74 Å². The van der Waals surface area contributed by atoms with Crippen molar-refractivity contribution in [1.82, 2.24) is 0 Å². The molecule has 2 aliphatic heterocycles. The predicted molar refractivity (Wildman–Crippen MR) is 94.1 cm³/mol. The van der Waals surface area contributed by atoms with E-state index in [-0.39, 0.29) is 30.0 Å². The van der Waals surface area contributed by atoms with Gasteiger partial charge in [-0.2, -0.15) is 10.5 Å². The molecule has 128 valence electrons. The minimum atomic E-state index is -1.26. The number of nitriles is 2. The molecule has 0 N–H and O–H groups in total. The normalized spacial score (nSPS) is 29.3. The third-order valence-electron chi connectivity index (χ3n) is 5.80. The van der Waals surface area contributed by atoms with E-state index in [1.165, 1.54) is 0 Å². The van der Waals surface area contributed by atoms with Crippen LogP contribution in [0.3, 0.4) is 0 Å². The van der Waals surface area contributed by atoms with Gasteiger partial charge in [-0.1, -0.05) is 37.0 Å². The van der Waals surface area contributed by atoms with E-state index in [4.69, 9.17) is 11.2 Å². The monoisotopic (exact) mass is 343 g/mol. The molecule has 1 spiro atoms. The number of para-hydroxylation sites is 1. The number of hydrogen-bond donors (Lipinski definition) is 0. The topological polar surface area (TPSA) is 77.1 Å². The molecule has 1 saturated carbocycles. The van der Waals surface area contributed by atoms with E-state index in [0.29, 0.717) is 5.57 Å². The van der Waals surface area contributed by atoms with Crippen molar-refractivity contribution in [2.24, 2.45) is 11.8 Å². The molecule has 1 aromatic carbocycles. The molecule has 0 radical (unpaired) electrons. The van der Waals surface area contributed by atoms with Crippen molar-refractivity contribution in [2.75, 3.05) is 11.4 Å². The van der Waals surface area contributed by atoms with E-state index in [9.17, 15) is 15.3 Å². The summed E-state index contributed by atoms with van der Waals surface area (Å²) in [6.45, 7) is 0.148. The Bertz CT molecular complexity index is 943. The zero-order valence-corrected chi connectivity index (χ0v) is 14.2. The van der Waals surface area contributed by atoms with E-state index in [2.05, 4.69) is 12.0 Å². The van der Waals surface area contributed by atoms with Crippen LogP contribution in [0.1, 0.15) is 31.2 Å². The smallest absolute Gasteiger partial charge is 0.277 e. The van der Waals surface area contributed by atoms with Crippen LogP contribution >= 0.6 is 0 Å². The quantitative estimate of drug-likeness (QED) is 0.735. The van der Waals surface area contributed by atoms with Crippen LogP contribution in [0.15, 0.2) is 35.6 Å². The van der Waals surface area contributed by atoms with Crippen molar-refractivity contribution >= 4 is 11.6 Å². The van der Waals surface area contributed by atoms with E-state index in [1.54, 1.807) is 4.90 Å². The first kappa shape index (κ1) is 16.2. The predicted octanol–water partition coefficient (Wildman–Crippen LogP) is 3.00. The molecule has 26 heavy (non-hydrogen) atoms. The van der Waals surface area contributed by atoms with Crippen molar-refractivity contribution in [3.8, 4) is 24.5 Å². The first-order valence-electron chi connectivity index (χ1n) is 8.77. The van der Waals surface area contributed by atoms with Gasteiger partial charge in [0.15, 0.2) is 0 Å². The minimum Gasteiger partial charge on any atom is -0.461 e. The largest absolute Gasteiger partial charge is 0.461 e. The highest BCUT2D eigenvalue weighted by Gasteiger charge is 2.63. The minimum absolute atomic E-state index is 0.0265. The SMILES string of the molecule is C#CCN1C(=O)C2(OC(C#N)=C(C#N)C3CCCCC32)c2ccccc21. The third kappa shape index (κ3) is 1.94. The van der Waals surface area contributed by atoms with Gasteiger partial charge in [0.25, 0.3) is 5.91 Å². The van der Waals surface area contributed by atoms with E-state index >= 15 is 0 Å². The Hall–Kier alpha value is -3.23. The van der Waals surface area contributed by atoms with Crippen LogP contribution in [0.25, 0.3) is 0 Å². The fourth-order valence-corrected chi connectivity index (χ4v) is 4.79. The Labute approximate surface area is 152 Å². The van der Waals surface area contributed by atoms with Crippen molar-refractivity contribution < 1.29 is 9.53 Å². The number of anilines is 1. The van der Waals surface area contributed by atoms with Gasteiger partial charge >= 0.3 is 0 Å². The summed E-state index contributed by atoms with van der Waals surface area (Å²) >= 11 is 0. The third-order valence-corrected chi connectivity index (χ3v) is 5.80. The van der Waals surface area contributed by atoms with Crippen LogP contribution in [0.5, 0.6) is 0 Å². The summed E-state index contributed by atoms with van der Waals surface area (Å²) in [7, 11) is 0. The lowest BCUT2D eigenvalue weighted by Gasteiger charge is -2.46. The van der Waals surface area contributed by atoms with Crippen LogP contribution in [0, 0.1) is 46.8 Å². The molecule has 1 aromatic rings. The molecular formula is C21H17N3O2. The number of benzene rings is 1. The Morgan fingerprint density at radius 1 is 1.23 bits per heavy atom. The van der Waals surface area contributed by atoms with Gasteiger partial charge in [-0.05, 0) is 18.9 Å². The van der Waals surface area contributed by atoms with Gasteiger partial charge in [-0.3, -0.25) is 9.69 Å². The molecule has 0 bridgehead atoms. The summed E-state index contributed by atoms with van der Waals surface area (Å²) in [5.41, 5.74) is 0.604. The molecule has 1 fully saturated rings. The highest BCUT2D eigenvalue weighted by atomic mass is 16.5. The number of fused-ring (bicyclic) bond motifs is 4. The van der Waals surface area contributed by atoms with Crippen LogP contribution in [0.2, 0.25) is 0 Å². The Morgan fingerprint density at radius 2 is 2.00 bits per heavy atom. The van der Waals surface area contributed by atoms with Crippen molar-refractivity contribution in [1.29, 1.82) is 10.5 Å². The number of ether oxygens (including phenoxy) is 1. The second-order valence-corrected chi connectivity index (χ2v) is 6.91. The summed E-state index contributed by atoms with van der Waals surface area (Å²) < 4.78 is 6.11. The summed E-state index contributed by atoms with van der Waals surface area (Å²) in [5, 5.41) is 19.2. The molecule has 3 unspecified atom stereocenters. The van der Waals surface area contributed by atoms with Gasteiger partial charge in [0.1, 0.15) is 6.07 Å². The fourth-order valence-electron chi connectivity index (χ4n) is 4.79. The van der Waals surface area contributed by atoms with Gasteiger partial charge in [0.2, 0.25) is 11.4 Å². The Morgan fingerprint density at radius 3 is 2.73 bits per heavy atom. The number of terminal acetylenes is 1. The maximum absolute atomic E-state index is 13.5. The summed E-state index contributed by atoms with van der Waals surface area (Å²) in [6.07, 6.45) is 8.99. The fraction of sp³-hybridized carbons (Fsp3) is 0.381. The van der Waals surface area contributed by atoms with Crippen molar-refractivity contribution in [3.05, 3.63) is 41.2 Å². The first-order chi connectivity index (χ1) is 12.7. The molecule has 1 aliphatic carbocycles. The maximum Gasteiger partial charge on any atom is 0.277 e. The second kappa shape index (κ2) is 5.94. The second-order valence-electron chi connectivity index (χ2n) is 6.91. The maximum atomic E-state index is 13.5. The summed E-state index contributed by atoms with van der Waals surface area (Å²) in [5.74, 6) is 1.98. The molecule has 3 aliphatic rings. The number of nitrogens with zero attached hydrogens (tertiary/aromatic N) is 3. The van der Waals surface area contributed by atoms with E-state index < -0.39 is 5.60 Å². The number of rotatable bonds is 1. The first-order valence-corrected chi connectivity index (χ1v) is 8.77. The van der Waals surface area contributed by atoms with Gasteiger partial charge in [-0.15, -0.1) is 6.42 Å². The van der Waals surface area contributed by atoms with Crippen molar-refractivity contribution in [2.45, 2.75) is 31.3 Å². The number of amides is 1. The van der Waals surface area contributed by atoms with Gasteiger partial charge in [0.05, 0.1) is 23.9 Å². The molecular weight excluding hydrogens is 326 g/mol. The number of allylic oxidation sites excluding steroid dienone is 2. The highest BCUT2D eigenvalue weighted by molar-refractivity contribution is 6.08. The average molecular weight is 343 g/mol. The molecule has 5 nitrogen and oxygen atoms in total. The van der Waals surface area contributed by atoms with Crippen LogP contribution in [0.4, 0.5) is 5.69 Å². The summed E-state index contributed by atoms with van der Waals surface area (Å²) in [6, 6.07) is 11.6. The lowest BCUT2D eigenvalue weighted by molar-refractivity contribution is -0.153. The van der Waals surface area contributed by atoms with Gasteiger partial charge in [-0.25, -0.2) is 0 Å². The van der Waals surface area contributed by atoms with Crippen LogP contribution < -0.4 is 4.90 Å². The lowest BCUT2D eigenvalue weighted by Crippen LogP contribution is -2.53. The summed E-state index contributed by atoms with van der Waals surface area (Å²) in [4.78, 5) is 15.1. The number of carbonyl (C=O) groups excluding carboxylic acids is 1. The molecule has 5 heteroatoms. The van der Waals surface area contributed by atoms with E-state index in [0.717, 1.165) is 36.9 Å². The zero-order chi connectivity index (χ0) is 18.3. The molecule has 0 aromatic heterocycles. The number of hydrogen-bond acceptors (Lipinski definition) is 4. The van der Waals surface area contributed by atoms with Crippen LogP contribution in [-0.2, 0) is 15.1 Å². The average Bonchev–Trinajstić information content (AvgIpc) is 2.92. The van der Waals surface area contributed by atoms with Gasteiger partial charge in [0, 0.05) is 17.4 Å². The molecule has 3 atom stereocenters. The van der Waals surface area contributed by atoms with E-state index in [1.807, 2.05) is 30.3 Å².